The van der Waals surface area contributed by atoms with Crippen molar-refractivity contribution in [1.82, 2.24) is 19.9 Å². The van der Waals surface area contributed by atoms with Gasteiger partial charge in [-0.05, 0) is 24.3 Å². The average molecular weight is 507 g/mol. The molecule has 10 heteroatoms. The van der Waals surface area contributed by atoms with Crippen molar-refractivity contribution in [2.75, 3.05) is 0 Å². The van der Waals surface area contributed by atoms with Gasteiger partial charge in [0.05, 0.1) is 22.1 Å². The largest absolute Gasteiger partial charge is 0.319 e. The van der Waals surface area contributed by atoms with Crippen molar-refractivity contribution in [1.29, 1.82) is 0 Å². The standard InChI is InChI=1S/C12H9ClF2N2.C12H10F2N2O.CH4/c1-2-7-12(14,15)10-11(13)17-9-6-4-3-5-8(9)16-10;1-2-7-12(13,14)10-11(17)16-9-6-4-3-5-8(9)15-10;/h2-6H,1,7H2;2-6H,1,7H2,(H,16,17);1H4. The Bertz CT molecular complexity index is 1410. The van der Waals surface area contributed by atoms with E-state index in [1.165, 1.54) is 0 Å². The van der Waals surface area contributed by atoms with Crippen LogP contribution in [0.4, 0.5) is 17.6 Å². The van der Waals surface area contributed by atoms with Gasteiger partial charge in [0.25, 0.3) is 17.4 Å². The van der Waals surface area contributed by atoms with Crippen molar-refractivity contribution in [3.05, 3.63) is 101 Å². The van der Waals surface area contributed by atoms with Crippen molar-refractivity contribution in [3.63, 3.8) is 0 Å². The molecule has 184 valence electrons. The summed E-state index contributed by atoms with van der Waals surface area (Å²) in [5.74, 6) is -6.44. The molecule has 0 bridgehead atoms. The Kier molecular flexibility index (Phi) is 8.87. The number of hydrogen-bond donors (Lipinski definition) is 1. The first kappa shape index (κ1) is 27.7. The van der Waals surface area contributed by atoms with Crippen LogP contribution in [-0.2, 0) is 11.8 Å². The highest BCUT2D eigenvalue weighted by Gasteiger charge is 2.36. The topological polar surface area (TPSA) is 71.5 Å². The number of halogens is 5. The molecule has 35 heavy (non-hydrogen) atoms. The van der Waals surface area contributed by atoms with Crippen molar-refractivity contribution in [3.8, 4) is 0 Å². The van der Waals surface area contributed by atoms with Crippen LogP contribution in [0.2, 0.25) is 5.15 Å². The molecule has 2 heterocycles. The summed E-state index contributed by atoms with van der Waals surface area (Å²) in [5, 5.41) is -0.268. The molecule has 1 N–H and O–H groups in total. The second kappa shape index (κ2) is 11.2. The van der Waals surface area contributed by atoms with E-state index in [4.69, 9.17) is 11.6 Å². The highest BCUT2D eigenvalue weighted by atomic mass is 35.5. The monoisotopic (exact) mass is 506 g/mol. The number of allylic oxidation sites excluding steroid dienone is 2. The first-order chi connectivity index (χ1) is 16.1. The van der Waals surface area contributed by atoms with Gasteiger partial charge in [-0.1, -0.05) is 55.4 Å². The zero-order valence-electron chi connectivity index (χ0n) is 17.7. The summed E-state index contributed by atoms with van der Waals surface area (Å²) in [5.41, 5.74) is -0.461. The Balaban J connectivity index is 0.000000240. The molecule has 4 rings (SSSR count). The van der Waals surface area contributed by atoms with Crippen LogP contribution in [0.15, 0.2) is 78.6 Å². The fraction of sp³-hybridized carbons (Fsp3) is 0.200. The Hall–Kier alpha value is -3.59. The zero-order chi connectivity index (χ0) is 24.9. The lowest BCUT2D eigenvalue weighted by atomic mass is 10.1. The number of H-pyrrole nitrogens is 1. The molecule has 0 fully saturated rings. The molecule has 0 saturated carbocycles. The molecule has 0 spiro atoms. The summed E-state index contributed by atoms with van der Waals surface area (Å²) >= 11 is 5.74. The third-order valence-corrected chi connectivity index (χ3v) is 4.89. The van der Waals surface area contributed by atoms with E-state index in [1.54, 1.807) is 48.5 Å². The quantitative estimate of drug-likeness (QED) is 0.222. The van der Waals surface area contributed by atoms with Gasteiger partial charge < -0.3 is 4.98 Å². The number of nitrogens with one attached hydrogen (secondary N) is 1. The average Bonchev–Trinajstić information content (AvgIpc) is 2.78. The summed E-state index contributed by atoms with van der Waals surface area (Å²) < 4.78 is 54.6. The van der Waals surface area contributed by atoms with Crippen LogP contribution in [0.3, 0.4) is 0 Å². The molecule has 0 aliphatic rings. The number of rotatable bonds is 6. The molecule has 5 nitrogen and oxygen atoms in total. The lowest BCUT2D eigenvalue weighted by Crippen LogP contribution is -2.26. The number of alkyl halides is 4. The van der Waals surface area contributed by atoms with Crippen molar-refractivity contribution >= 4 is 33.7 Å². The number of para-hydroxylation sites is 4. The number of aromatic nitrogens is 4. The molecule has 0 radical (unpaired) electrons. The lowest BCUT2D eigenvalue weighted by Gasteiger charge is -2.14. The first-order valence-corrected chi connectivity index (χ1v) is 10.4. The third kappa shape index (κ3) is 6.30. The summed E-state index contributed by atoms with van der Waals surface area (Å²) in [6.45, 7) is 6.54. The second-order valence-electron chi connectivity index (χ2n) is 7.18. The van der Waals surface area contributed by atoms with Crippen LogP contribution >= 0.6 is 11.6 Å². The normalized spacial score (nSPS) is 11.3. The van der Waals surface area contributed by atoms with Crippen LogP contribution in [-0.4, -0.2) is 19.9 Å². The third-order valence-electron chi connectivity index (χ3n) is 4.62. The van der Waals surface area contributed by atoms with Crippen LogP contribution in [0.25, 0.3) is 22.1 Å². The number of hydrogen-bond acceptors (Lipinski definition) is 4. The van der Waals surface area contributed by atoms with Crippen molar-refractivity contribution in [2.24, 2.45) is 0 Å². The smallest absolute Gasteiger partial charge is 0.298 e. The van der Waals surface area contributed by atoms with E-state index in [0.29, 0.717) is 22.1 Å². The Morgan fingerprint density at radius 2 is 1.26 bits per heavy atom. The van der Waals surface area contributed by atoms with E-state index >= 15 is 0 Å². The van der Waals surface area contributed by atoms with E-state index in [0.717, 1.165) is 12.2 Å². The number of aromatic amines is 1. The SMILES string of the molecule is C.C=CCC(F)(F)c1nc2ccccc2[nH]c1=O.C=CCC(F)(F)c1nc2ccccc2nc1Cl. The molecule has 0 aliphatic carbocycles. The maximum Gasteiger partial charge on any atom is 0.298 e. The molecule has 2 aromatic carbocycles. The molecule has 0 aliphatic heterocycles. The van der Waals surface area contributed by atoms with Gasteiger partial charge in [0.2, 0.25) is 0 Å². The minimum Gasteiger partial charge on any atom is -0.319 e. The molecular weight excluding hydrogens is 484 g/mol. The van der Waals surface area contributed by atoms with Gasteiger partial charge >= 0.3 is 0 Å². The maximum absolute atomic E-state index is 13.7. The zero-order valence-corrected chi connectivity index (χ0v) is 18.5. The molecule has 0 amide bonds. The Labute approximate surface area is 204 Å². The van der Waals surface area contributed by atoms with Gasteiger partial charge in [-0.15, -0.1) is 13.2 Å². The highest BCUT2D eigenvalue weighted by Crippen LogP contribution is 2.35. The van der Waals surface area contributed by atoms with Gasteiger partial charge in [-0.3, -0.25) is 4.79 Å². The van der Waals surface area contributed by atoms with Crippen LogP contribution < -0.4 is 5.56 Å². The first-order valence-electron chi connectivity index (χ1n) is 9.99. The van der Waals surface area contributed by atoms with Gasteiger partial charge in [-0.25, -0.2) is 15.0 Å². The minimum atomic E-state index is -3.29. The molecule has 0 unspecified atom stereocenters. The molecular formula is C25H23ClF4N4O. The predicted octanol–water partition coefficient (Wildman–Crippen LogP) is 7.18. The fourth-order valence-electron chi connectivity index (χ4n) is 3.04. The number of fused-ring (bicyclic) bond motifs is 2. The van der Waals surface area contributed by atoms with E-state index in [-0.39, 0.29) is 12.6 Å². The Morgan fingerprint density at radius 1 is 0.800 bits per heavy atom. The summed E-state index contributed by atoms with van der Waals surface area (Å²) in [4.78, 5) is 25.4. The minimum absolute atomic E-state index is 0. The lowest BCUT2D eigenvalue weighted by molar-refractivity contribution is -0.00684. The second-order valence-corrected chi connectivity index (χ2v) is 7.54. The van der Waals surface area contributed by atoms with E-state index in [1.807, 2.05) is 0 Å². The van der Waals surface area contributed by atoms with Crippen LogP contribution in [0, 0.1) is 0 Å². The van der Waals surface area contributed by atoms with E-state index in [9.17, 15) is 22.4 Å². The van der Waals surface area contributed by atoms with Crippen LogP contribution in [0.1, 0.15) is 31.7 Å². The van der Waals surface area contributed by atoms with Crippen molar-refractivity contribution < 1.29 is 17.6 Å². The summed E-state index contributed by atoms with van der Waals surface area (Å²) in [6, 6.07) is 13.3. The van der Waals surface area contributed by atoms with E-state index in [2.05, 4.69) is 33.1 Å². The maximum atomic E-state index is 13.7. The molecule has 0 saturated heterocycles. The van der Waals surface area contributed by atoms with Gasteiger partial charge in [0, 0.05) is 12.8 Å². The Morgan fingerprint density at radius 3 is 1.83 bits per heavy atom. The fourth-order valence-corrected chi connectivity index (χ4v) is 3.32. The van der Waals surface area contributed by atoms with Crippen molar-refractivity contribution in [2.45, 2.75) is 32.1 Å². The molecule has 4 aromatic rings. The predicted molar refractivity (Wildman–Crippen MR) is 131 cm³/mol. The summed E-state index contributed by atoms with van der Waals surface area (Å²) in [6.07, 6.45) is 1.07. The molecule has 0 atom stereocenters. The number of benzene rings is 2. The molecule has 2 aromatic heterocycles. The van der Waals surface area contributed by atoms with Gasteiger partial charge in [-0.2, -0.15) is 17.6 Å². The summed E-state index contributed by atoms with van der Waals surface area (Å²) in [7, 11) is 0. The van der Waals surface area contributed by atoms with Gasteiger partial charge in [0.1, 0.15) is 5.69 Å². The highest BCUT2D eigenvalue weighted by molar-refractivity contribution is 6.30. The number of nitrogens with zero attached hydrogens (tertiary/aromatic N) is 3. The van der Waals surface area contributed by atoms with E-state index < -0.39 is 41.6 Å². The van der Waals surface area contributed by atoms with Crippen LogP contribution in [0.5, 0.6) is 0 Å². The van der Waals surface area contributed by atoms with Gasteiger partial charge in [0.15, 0.2) is 10.8 Å².